The highest BCUT2D eigenvalue weighted by Crippen LogP contribution is 2.21. The summed E-state index contributed by atoms with van der Waals surface area (Å²) in [4.78, 5) is 33.5. The van der Waals surface area contributed by atoms with Gasteiger partial charge in [0.05, 0.1) is 25.1 Å². The standard InChI is InChI=1S/C24H29N9O3S/c1-4-10-32-23(34)18-16-26-24(27-17-8-9-20(25-15-17)31-11-13-36-14-12-31)29-22(18)33(32)21-7-5-6-19(28-21)30-37(2,3)35/h5-9,15-16H,4,10-14H2,1-3H3,(H,26,27,29). The van der Waals surface area contributed by atoms with Gasteiger partial charge in [0.15, 0.2) is 17.3 Å². The first kappa shape index (κ1) is 24.8. The second kappa shape index (κ2) is 10.3. The lowest BCUT2D eigenvalue weighted by Crippen LogP contribution is -2.36. The van der Waals surface area contributed by atoms with Crippen LogP contribution in [0, 0.1) is 0 Å². The Morgan fingerprint density at radius 1 is 1.05 bits per heavy atom. The van der Waals surface area contributed by atoms with Crippen LogP contribution in [0.15, 0.2) is 51.9 Å². The fourth-order valence-corrected chi connectivity index (χ4v) is 4.66. The van der Waals surface area contributed by atoms with Crippen molar-refractivity contribution >= 4 is 44.0 Å². The molecule has 0 bridgehead atoms. The SMILES string of the molecule is CCCn1c(=O)c2cnc(Nc3ccc(N4CCOCC4)nc3)nc2n1-c1cccc(N=S(C)(C)=O)n1. The summed E-state index contributed by atoms with van der Waals surface area (Å²) < 4.78 is 25.1. The van der Waals surface area contributed by atoms with Crippen molar-refractivity contribution in [3.63, 3.8) is 0 Å². The number of ether oxygens (including phenoxy) is 1. The lowest BCUT2D eigenvalue weighted by atomic mass is 10.3. The molecular weight excluding hydrogens is 494 g/mol. The van der Waals surface area contributed by atoms with Crippen LogP contribution in [0.3, 0.4) is 0 Å². The van der Waals surface area contributed by atoms with E-state index in [1.807, 2.05) is 19.1 Å². The number of hydrogen-bond donors (Lipinski definition) is 1. The lowest BCUT2D eigenvalue weighted by molar-refractivity contribution is 0.122. The number of rotatable bonds is 7. The van der Waals surface area contributed by atoms with E-state index in [2.05, 4.69) is 34.5 Å². The Balaban J connectivity index is 1.53. The average Bonchev–Trinajstić information content (AvgIpc) is 3.15. The molecule has 0 amide bonds. The number of nitrogens with one attached hydrogen (secondary N) is 1. The lowest BCUT2D eigenvalue weighted by Gasteiger charge is -2.27. The summed E-state index contributed by atoms with van der Waals surface area (Å²) in [7, 11) is -2.40. The fourth-order valence-electron chi connectivity index (χ4n) is 4.11. The largest absolute Gasteiger partial charge is 0.378 e. The molecule has 4 aromatic rings. The average molecular weight is 524 g/mol. The van der Waals surface area contributed by atoms with Crippen LogP contribution in [-0.4, -0.2) is 72.3 Å². The van der Waals surface area contributed by atoms with Crippen molar-refractivity contribution in [2.75, 3.05) is 49.0 Å². The molecule has 0 radical (unpaired) electrons. The first-order chi connectivity index (χ1) is 17.8. The van der Waals surface area contributed by atoms with E-state index in [0.717, 1.165) is 31.0 Å². The van der Waals surface area contributed by atoms with Crippen LogP contribution in [0.4, 0.5) is 23.3 Å². The van der Waals surface area contributed by atoms with Gasteiger partial charge in [-0.2, -0.15) is 9.35 Å². The molecule has 0 unspecified atom stereocenters. The molecule has 37 heavy (non-hydrogen) atoms. The summed E-state index contributed by atoms with van der Waals surface area (Å²) >= 11 is 0. The van der Waals surface area contributed by atoms with Gasteiger partial charge in [-0.1, -0.05) is 13.0 Å². The Kier molecular flexibility index (Phi) is 6.89. The molecule has 0 saturated carbocycles. The minimum absolute atomic E-state index is 0.209. The van der Waals surface area contributed by atoms with Crippen LogP contribution < -0.4 is 15.8 Å². The number of morpholine rings is 1. The molecule has 1 aliphatic rings. The van der Waals surface area contributed by atoms with Gasteiger partial charge in [-0.25, -0.2) is 28.5 Å². The van der Waals surface area contributed by atoms with Gasteiger partial charge in [0.2, 0.25) is 5.95 Å². The van der Waals surface area contributed by atoms with Crippen molar-refractivity contribution in [2.24, 2.45) is 4.36 Å². The summed E-state index contributed by atoms with van der Waals surface area (Å²) in [6, 6.07) is 9.07. The minimum atomic E-state index is -2.40. The molecule has 12 nitrogen and oxygen atoms in total. The molecule has 0 aliphatic carbocycles. The van der Waals surface area contributed by atoms with Crippen molar-refractivity contribution in [1.82, 2.24) is 29.3 Å². The molecule has 1 N–H and O–H groups in total. The fraction of sp³-hybridized carbons (Fsp3) is 0.375. The van der Waals surface area contributed by atoms with E-state index in [-0.39, 0.29) is 5.56 Å². The molecule has 0 atom stereocenters. The number of pyridine rings is 2. The first-order valence-electron chi connectivity index (χ1n) is 12.0. The van der Waals surface area contributed by atoms with Gasteiger partial charge in [0, 0.05) is 48.1 Å². The maximum absolute atomic E-state index is 13.2. The van der Waals surface area contributed by atoms with Crippen LogP contribution in [0.5, 0.6) is 0 Å². The normalized spacial score (nSPS) is 14.2. The maximum Gasteiger partial charge on any atom is 0.278 e. The predicted octanol–water partition coefficient (Wildman–Crippen LogP) is 2.72. The van der Waals surface area contributed by atoms with E-state index in [1.165, 1.54) is 6.20 Å². The van der Waals surface area contributed by atoms with Crippen LogP contribution >= 0.6 is 0 Å². The third kappa shape index (κ3) is 5.47. The molecule has 1 aliphatic heterocycles. The Labute approximate surface area is 214 Å². The molecule has 4 aromatic heterocycles. The van der Waals surface area contributed by atoms with Crippen molar-refractivity contribution in [3.8, 4) is 5.82 Å². The second-order valence-electron chi connectivity index (χ2n) is 8.93. The van der Waals surface area contributed by atoms with Crippen LogP contribution in [0.25, 0.3) is 16.9 Å². The molecule has 1 saturated heterocycles. The van der Waals surface area contributed by atoms with Gasteiger partial charge < -0.3 is 15.0 Å². The zero-order valence-corrected chi connectivity index (χ0v) is 21.8. The van der Waals surface area contributed by atoms with Crippen molar-refractivity contribution in [2.45, 2.75) is 19.9 Å². The van der Waals surface area contributed by atoms with Crippen molar-refractivity contribution < 1.29 is 8.95 Å². The number of aromatic nitrogens is 6. The van der Waals surface area contributed by atoms with Gasteiger partial charge >= 0.3 is 0 Å². The number of fused-ring (bicyclic) bond motifs is 1. The monoisotopic (exact) mass is 523 g/mol. The molecule has 5 rings (SSSR count). The molecule has 0 spiro atoms. The Morgan fingerprint density at radius 2 is 1.86 bits per heavy atom. The Morgan fingerprint density at radius 3 is 2.57 bits per heavy atom. The van der Waals surface area contributed by atoms with Gasteiger partial charge in [-0.3, -0.25) is 4.79 Å². The van der Waals surface area contributed by atoms with E-state index in [9.17, 15) is 9.00 Å². The number of anilines is 3. The molecule has 13 heteroatoms. The van der Waals surface area contributed by atoms with Crippen LogP contribution in [0.1, 0.15) is 13.3 Å². The highest BCUT2D eigenvalue weighted by molar-refractivity contribution is 7.92. The summed E-state index contributed by atoms with van der Waals surface area (Å²) in [6.07, 6.45) is 7.08. The van der Waals surface area contributed by atoms with Crippen molar-refractivity contribution in [3.05, 3.63) is 53.1 Å². The maximum atomic E-state index is 13.2. The van der Waals surface area contributed by atoms with Crippen molar-refractivity contribution in [1.29, 1.82) is 0 Å². The quantitative estimate of drug-likeness (QED) is 0.388. The zero-order chi connectivity index (χ0) is 26.0. The zero-order valence-electron chi connectivity index (χ0n) is 21.0. The summed E-state index contributed by atoms with van der Waals surface area (Å²) in [5.74, 6) is 1.98. The molecule has 1 fully saturated rings. The van der Waals surface area contributed by atoms with Crippen LogP contribution in [0.2, 0.25) is 0 Å². The second-order valence-corrected chi connectivity index (χ2v) is 11.5. The summed E-state index contributed by atoms with van der Waals surface area (Å²) in [5, 5.41) is 3.55. The third-order valence-electron chi connectivity index (χ3n) is 5.70. The van der Waals surface area contributed by atoms with Gasteiger partial charge in [0.1, 0.15) is 11.2 Å². The third-order valence-corrected chi connectivity index (χ3v) is 6.33. The molecular formula is C24H29N9O3S. The van der Waals surface area contributed by atoms with E-state index in [1.54, 1.807) is 46.3 Å². The molecule has 5 heterocycles. The van der Waals surface area contributed by atoms with E-state index < -0.39 is 9.73 Å². The Bertz CT molecular complexity index is 1590. The van der Waals surface area contributed by atoms with E-state index >= 15 is 0 Å². The van der Waals surface area contributed by atoms with E-state index in [4.69, 9.17) is 4.74 Å². The smallest absolute Gasteiger partial charge is 0.278 e. The number of nitrogens with zero attached hydrogens (tertiary/aromatic N) is 8. The first-order valence-corrected chi connectivity index (χ1v) is 14.3. The van der Waals surface area contributed by atoms with Gasteiger partial charge in [0.25, 0.3) is 5.56 Å². The topological polar surface area (TPSA) is 132 Å². The highest BCUT2D eigenvalue weighted by atomic mass is 32.2. The predicted molar refractivity (Wildman–Crippen MR) is 144 cm³/mol. The molecule has 0 aromatic carbocycles. The van der Waals surface area contributed by atoms with Gasteiger partial charge in [-0.05, 0) is 30.7 Å². The molecule has 194 valence electrons. The highest BCUT2D eigenvalue weighted by Gasteiger charge is 2.19. The summed E-state index contributed by atoms with van der Waals surface area (Å²) in [5.41, 5.74) is 0.920. The Hall–Kier alpha value is -3.84. The van der Waals surface area contributed by atoms with E-state index in [0.29, 0.717) is 48.4 Å². The van der Waals surface area contributed by atoms with Gasteiger partial charge in [-0.15, -0.1) is 0 Å². The number of hydrogen-bond acceptors (Lipinski definition) is 10. The summed E-state index contributed by atoms with van der Waals surface area (Å²) in [6.45, 7) is 5.45. The minimum Gasteiger partial charge on any atom is -0.378 e. The van der Waals surface area contributed by atoms with Crippen LogP contribution in [-0.2, 0) is 21.0 Å².